The van der Waals surface area contributed by atoms with Gasteiger partial charge in [-0.25, -0.2) is 9.69 Å². The lowest BCUT2D eigenvalue weighted by atomic mass is 10.0. The number of benzene rings is 3. The number of anilines is 1. The van der Waals surface area contributed by atoms with Gasteiger partial charge in [0.25, 0.3) is 11.8 Å². The molecule has 3 aromatic carbocycles. The zero-order valence-electron chi connectivity index (χ0n) is 20.6. The Morgan fingerprint density at radius 3 is 2.29 bits per heavy atom. The molecule has 0 bridgehead atoms. The topological polar surface area (TPSA) is 119 Å². The van der Waals surface area contributed by atoms with Crippen LogP contribution in [0.3, 0.4) is 0 Å². The van der Waals surface area contributed by atoms with Crippen molar-refractivity contribution >= 4 is 51.3 Å². The molecule has 0 atom stereocenters. The second kappa shape index (κ2) is 10.7. The first-order chi connectivity index (χ1) is 18.0. The van der Waals surface area contributed by atoms with Crippen molar-refractivity contribution in [1.29, 1.82) is 0 Å². The van der Waals surface area contributed by atoms with E-state index in [0.29, 0.717) is 16.3 Å². The predicted octanol–water partition coefficient (Wildman–Crippen LogP) is 4.79. The van der Waals surface area contributed by atoms with Gasteiger partial charge < -0.3 is 8.92 Å². The minimum atomic E-state index is -4.20. The SMILES string of the molecule is CCOc1cc(/C=C2\C(=O)NC(=O)N(c3ccc(C)c(C)c3)C2=O)ccc1OS(=O)(=O)c1ccc(Cl)cc1. The first-order valence-electron chi connectivity index (χ1n) is 11.5. The number of amides is 4. The van der Waals surface area contributed by atoms with Gasteiger partial charge in [-0.05, 0) is 92.1 Å². The second-order valence-corrected chi connectivity index (χ2v) is 10.3. The van der Waals surface area contributed by atoms with Crippen LogP contribution >= 0.6 is 11.6 Å². The van der Waals surface area contributed by atoms with E-state index in [1.807, 2.05) is 13.8 Å². The molecule has 1 saturated heterocycles. The Kier molecular flexibility index (Phi) is 7.56. The first kappa shape index (κ1) is 26.9. The van der Waals surface area contributed by atoms with Crippen molar-refractivity contribution in [2.24, 2.45) is 0 Å². The number of halogens is 1. The van der Waals surface area contributed by atoms with Crippen LogP contribution in [-0.4, -0.2) is 32.9 Å². The summed E-state index contributed by atoms with van der Waals surface area (Å²) < 4.78 is 36.3. The quantitative estimate of drug-likeness (QED) is 0.253. The molecule has 0 aromatic heterocycles. The molecule has 9 nitrogen and oxygen atoms in total. The minimum absolute atomic E-state index is 0.0742. The fourth-order valence-electron chi connectivity index (χ4n) is 3.64. The van der Waals surface area contributed by atoms with Crippen LogP contribution in [0.25, 0.3) is 6.08 Å². The Morgan fingerprint density at radius 2 is 1.63 bits per heavy atom. The van der Waals surface area contributed by atoms with Gasteiger partial charge in [0.2, 0.25) is 0 Å². The molecule has 0 saturated carbocycles. The van der Waals surface area contributed by atoms with Crippen molar-refractivity contribution in [3.05, 3.63) is 87.9 Å². The number of nitrogens with zero attached hydrogens (tertiary/aromatic N) is 1. The van der Waals surface area contributed by atoms with Gasteiger partial charge in [0.05, 0.1) is 12.3 Å². The molecule has 11 heteroatoms. The van der Waals surface area contributed by atoms with Crippen LogP contribution in [0.4, 0.5) is 10.5 Å². The van der Waals surface area contributed by atoms with E-state index in [1.165, 1.54) is 48.5 Å². The van der Waals surface area contributed by atoms with E-state index in [2.05, 4.69) is 5.32 Å². The summed E-state index contributed by atoms with van der Waals surface area (Å²) in [5.41, 5.74) is 2.23. The Balaban J connectivity index is 1.67. The molecular weight excluding hydrogens is 532 g/mol. The highest BCUT2D eigenvalue weighted by molar-refractivity contribution is 7.87. The average molecular weight is 555 g/mol. The third-order valence-electron chi connectivity index (χ3n) is 5.73. The van der Waals surface area contributed by atoms with Gasteiger partial charge in [-0.1, -0.05) is 23.7 Å². The van der Waals surface area contributed by atoms with Crippen LogP contribution in [0, 0.1) is 13.8 Å². The van der Waals surface area contributed by atoms with Gasteiger partial charge in [0.1, 0.15) is 10.5 Å². The summed E-state index contributed by atoms with van der Waals surface area (Å²) in [4.78, 5) is 39.1. The molecule has 4 amide bonds. The van der Waals surface area contributed by atoms with E-state index in [0.717, 1.165) is 16.0 Å². The van der Waals surface area contributed by atoms with Gasteiger partial charge >= 0.3 is 16.1 Å². The van der Waals surface area contributed by atoms with E-state index in [4.69, 9.17) is 20.5 Å². The summed E-state index contributed by atoms with van der Waals surface area (Å²) in [7, 11) is -4.20. The highest BCUT2D eigenvalue weighted by Gasteiger charge is 2.37. The van der Waals surface area contributed by atoms with Crippen molar-refractivity contribution in [3.8, 4) is 11.5 Å². The lowest BCUT2D eigenvalue weighted by Gasteiger charge is -2.27. The number of hydrogen-bond acceptors (Lipinski definition) is 7. The summed E-state index contributed by atoms with van der Waals surface area (Å²) in [5.74, 6) is -1.67. The molecule has 0 spiro atoms. The first-order valence-corrected chi connectivity index (χ1v) is 13.2. The van der Waals surface area contributed by atoms with E-state index >= 15 is 0 Å². The van der Waals surface area contributed by atoms with Gasteiger partial charge in [-0.3, -0.25) is 14.9 Å². The molecule has 38 heavy (non-hydrogen) atoms. The number of urea groups is 1. The molecule has 0 unspecified atom stereocenters. The zero-order chi connectivity index (χ0) is 27.6. The van der Waals surface area contributed by atoms with Crippen LogP contribution in [0.2, 0.25) is 5.02 Å². The molecule has 0 radical (unpaired) electrons. The van der Waals surface area contributed by atoms with Crippen molar-refractivity contribution in [3.63, 3.8) is 0 Å². The molecule has 3 aromatic rings. The summed E-state index contributed by atoms with van der Waals surface area (Å²) >= 11 is 5.84. The average Bonchev–Trinajstić information content (AvgIpc) is 2.85. The molecule has 196 valence electrons. The third-order valence-corrected chi connectivity index (χ3v) is 7.23. The normalized spacial score (nSPS) is 15.0. The molecule has 1 heterocycles. The maximum atomic E-state index is 13.2. The number of barbiturate groups is 1. The van der Waals surface area contributed by atoms with Crippen molar-refractivity contribution in [2.45, 2.75) is 25.7 Å². The monoisotopic (exact) mass is 554 g/mol. The maximum absolute atomic E-state index is 13.2. The lowest BCUT2D eigenvalue weighted by molar-refractivity contribution is -0.122. The Hall–Kier alpha value is -4.15. The highest BCUT2D eigenvalue weighted by atomic mass is 35.5. The molecule has 4 rings (SSSR count). The number of hydrogen-bond donors (Lipinski definition) is 1. The smallest absolute Gasteiger partial charge is 0.339 e. The van der Waals surface area contributed by atoms with Crippen molar-refractivity contribution in [1.82, 2.24) is 5.32 Å². The van der Waals surface area contributed by atoms with Crippen LogP contribution in [0.15, 0.2) is 71.1 Å². The van der Waals surface area contributed by atoms with Gasteiger partial charge in [-0.2, -0.15) is 8.42 Å². The van der Waals surface area contributed by atoms with E-state index in [1.54, 1.807) is 25.1 Å². The Morgan fingerprint density at radius 1 is 0.921 bits per heavy atom. The number of nitrogens with one attached hydrogen (secondary N) is 1. The second-order valence-electron chi connectivity index (χ2n) is 8.36. The molecule has 1 fully saturated rings. The predicted molar refractivity (Wildman–Crippen MR) is 142 cm³/mol. The van der Waals surface area contributed by atoms with E-state index in [9.17, 15) is 22.8 Å². The fraction of sp³-hybridized carbons (Fsp3) is 0.148. The molecule has 0 aliphatic carbocycles. The Bertz CT molecular complexity index is 1580. The van der Waals surface area contributed by atoms with Crippen molar-refractivity contribution < 1.29 is 31.7 Å². The van der Waals surface area contributed by atoms with Gasteiger partial charge in [0.15, 0.2) is 11.5 Å². The fourth-order valence-corrected chi connectivity index (χ4v) is 4.71. The Labute approximate surface area is 224 Å². The largest absolute Gasteiger partial charge is 0.490 e. The lowest BCUT2D eigenvalue weighted by Crippen LogP contribution is -2.54. The number of carbonyl (C=O) groups is 3. The van der Waals surface area contributed by atoms with Crippen LogP contribution in [0.5, 0.6) is 11.5 Å². The minimum Gasteiger partial charge on any atom is -0.490 e. The number of imide groups is 2. The van der Waals surface area contributed by atoms with Crippen LogP contribution in [0.1, 0.15) is 23.6 Å². The number of aryl methyl sites for hydroxylation is 2. The number of ether oxygens (including phenoxy) is 1. The molecule has 1 aliphatic heterocycles. The number of rotatable bonds is 7. The summed E-state index contributed by atoms with van der Waals surface area (Å²) in [6.45, 7) is 5.63. The van der Waals surface area contributed by atoms with Gasteiger partial charge in [0, 0.05) is 5.02 Å². The molecule has 1 aliphatic rings. The summed E-state index contributed by atoms with van der Waals surface area (Å²) in [6.07, 6.45) is 1.29. The third kappa shape index (κ3) is 5.56. The van der Waals surface area contributed by atoms with E-state index in [-0.39, 0.29) is 28.6 Å². The van der Waals surface area contributed by atoms with Gasteiger partial charge in [-0.15, -0.1) is 0 Å². The highest BCUT2D eigenvalue weighted by Crippen LogP contribution is 2.33. The standard InChI is InChI=1S/C27H23ClN2O7S/c1-4-36-24-15-18(6-12-23(24)37-38(34,35)21-10-7-19(28)8-11-21)14-22-25(31)29-27(33)30(26(22)32)20-9-5-16(2)17(3)13-20/h5-15H,4H2,1-3H3,(H,29,31,33)/b22-14+. The zero-order valence-corrected chi connectivity index (χ0v) is 22.2. The van der Waals surface area contributed by atoms with Crippen LogP contribution in [-0.2, 0) is 19.7 Å². The van der Waals surface area contributed by atoms with Crippen molar-refractivity contribution in [2.75, 3.05) is 11.5 Å². The maximum Gasteiger partial charge on any atom is 0.339 e. The summed E-state index contributed by atoms with van der Waals surface area (Å²) in [6, 6.07) is 13.9. The molecular formula is C27H23ClN2O7S. The van der Waals surface area contributed by atoms with E-state index < -0.39 is 28.0 Å². The summed E-state index contributed by atoms with van der Waals surface area (Å²) in [5, 5.41) is 2.55. The molecule has 1 N–H and O–H groups in total. The van der Waals surface area contributed by atoms with Crippen LogP contribution < -0.4 is 19.1 Å². The number of carbonyl (C=O) groups excluding carboxylic acids is 3.